The average molecular weight is 331 g/mol. The molecule has 1 saturated heterocycles. The molecule has 1 aliphatic rings. The van der Waals surface area contributed by atoms with Gasteiger partial charge in [-0.3, -0.25) is 9.59 Å². The summed E-state index contributed by atoms with van der Waals surface area (Å²) in [6.45, 7) is 2.59. The van der Waals surface area contributed by atoms with E-state index in [0.717, 1.165) is 10.9 Å². The molecule has 1 fully saturated rings. The minimum absolute atomic E-state index is 0.0885. The summed E-state index contributed by atoms with van der Waals surface area (Å²) in [5.74, 6) is -0.900. The number of aliphatic carboxylic acids is 1. The van der Waals surface area contributed by atoms with Crippen molar-refractivity contribution in [3.63, 3.8) is 0 Å². The van der Waals surface area contributed by atoms with Crippen LogP contribution in [0.5, 0.6) is 0 Å². The van der Waals surface area contributed by atoms with Crippen LogP contribution in [0.1, 0.15) is 29.0 Å². The first-order valence-corrected chi connectivity index (χ1v) is 7.98. The van der Waals surface area contributed by atoms with Crippen LogP contribution in [0.4, 0.5) is 0 Å². The summed E-state index contributed by atoms with van der Waals surface area (Å²) in [5, 5.41) is 10.5. The van der Waals surface area contributed by atoms with Crippen molar-refractivity contribution in [1.29, 1.82) is 0 Å². The van der Waals surface area contributed by atoms with Crippen LogP contribution in [0.3, 0.4) is 0 Å². The predicted molar refractivity (Wildman–Crippen MR) is 88.0 cm³/mol. The number of nitrogens with zero attached hydrogens (tertiary/aromatic N) is 1. The molecule has 1 aromatic heterocycles. The maximum Gasteiger partial charge on any atom is 0.313 e. The molecular formula is C18H21NO5. The van der Waals surface area contributed by atoms with Gasteiger partial charge in [0.15, 0.2) is 5.76 Å². The molecule has 1 aliphatic heterocycles. The SMILES string of the molecule is COCC1(C(=O)O)CCCN(C(=O)c2oc3ccccc3c2C)C1. The molecule has 128 valence electrons. The molecule has 0 spiro atoms. The van der Waals surface area contributed by atoms with Gasteiger partial charge in [0.1, 0.15) is 11.0 Å². The lowest BCUT2D eigenvalue weighted by atomic mass is 9.80. The number of rotatable bonds is 4. The third-order valence-corrected chi connectivity index (χ3v) is 4.78. The van der Waals surface area contributed by atoms with Crippen molar-refractivity contribution in [2.45, 2.75) is 19.8 Å². The first kappa shape index (κ1) is 16.5. The number of fused-ring (bicyclic) bond motifs is 1. The zero-order valence-corrected chi connectivity index (χ0v) is 13.9. The maximum atomic E-state index is 12.9. The van der Waals surface area contributed by atoms with E-state index in [1.54, 1.807) is 4.90 Å². The third kappa shape index (κ3) is 2.67. The number of carbonyl (C=O) groups is 2. The Labute approximate surface area is 140 Å². The number of likely N-dealkylation sites (tertiary alicyclic amines) is 1. The summed E-state index contributed by atoms with van der Waals surface area (Å²) >= 11 is 0. The molecule has 0 saturated carbocycles. The van der Waals surface area contributed by atoms with Crippen molar-refractivity contribution in [2.24, 2.45) is 5.41 Å². The van der Waals surface area contributed by atoms with Crippen molar-refractivity contribution in [1.82, 2.24) is 4.90 Å². The molecule has 6 heteroatoms. The second-order valence-corrected chi connectivity index (χ2v) is 6.40. The Bertz CT molecular complexity index is 777. The topological polar surface area (TPSA) is 80.0 Å². The molecule has 1 N–H and O–H groups in total. The highest BCUT2D eigenvalue weighted by atomic mass is 16.5. The van der Waals surface area contributed by atoms with Gasteiger partial charge in [0.2, 0.25) is 0 Å². The number of carboxylic acids is 1. The highest BCUT2D eigenvalue weighted by Gasteiger charge is 2.44. The van der Waals surface area contributed by atoms with Crippen LogP contribution in [0.25, 0.3) is 11.0 Å². The number of ether oxygens (including phenoxy) is 1. The summed E-state index contributed by atoms with van der Waals surface area (Å²) in [5.41, 5.74) is 0.397. The van der Waals surface area contributed by atoms with E-state index in [1.807, 2.05) is 31.2 Å². The van der Waals surface area contributed by atoms with Crippen LogP contribution in [-0.2, 0) is 9.53 Å². The third-order valence-electron chi connectivity index (χ3n) is 4.78. The molecule has 1 amide bonds. The number of hydrogen-bond acceptors (Lipinski definition) is 4. The Morgan fingerprint density at radius 1 is 1.38 bits per heavy atom. The second-order valence-electron chi connectivity index (χ2n) is 6.40. The normalized spacial score (nSPS) is 21.2. The second kappa shape index (κ2) is 6.28. The average Bonchev–Trinajstić information content (AvgIpc) is 2.92. The number of furan rings is 1. The fourth-order valence-electron chi connectivity index (χ4n) is 3.46. The number of para-hydroxylation sites is 1. The van der Waals surface area contributed by atoms with Gasteiger partial charge in [-0.05, 0) is 25.8 Å². The van der Waals surface area contributed by atoms with Gasteiger partial charge in [-0.25, -0.2) is 0 Å². The summed E-state index contributed by atoms with van der Waals surface area (Å²) in [4.78, 5) is 26.2. The van der Waals surface area contributed by atoms with Crippen LogP contribution >= 0.6 is 0 Å². The highest BCUT2D eigenvalue weighted by Crippen LogP contribution is 2.33. The Morgan fingerprint density at radius 2 is 2.12 bits per heavy atom. The minimum atomic E-state index is -1.05. The predicted octanol–water partition coefficient (Wildman–Crippen LogP) is 2.69. The number of aryl methyl sites for hydroxylation is 1. The number of piperidine rings is 1. The molecule has 1 aromatic carbocycles. The lowest BCUT2D eigenvalue weighted by Gasteiger charge is -2.39. The zero-order valence-electron chi connectivity index (χ0n) is 13.9. The van der Waals surface area contributed by atoms with Gasteiger partial charge >= 0.3 is 5.97 Å². The molecule has 3 rings (SSSR count). The first-order valence-electron chi connectivity index (χ1n) is 7.98. The van der Waals surface area contributed by atoms with E-state index in [4.69, 9.17) is 9.15 Å². The van der Waals surface area contributed by atoms with E-state index in [0.29, 0.717) is 25.0 Å². The van der Waals surface area contributed by atoms with E-state index < -0.39 is 11.4 Å². The van der Waals surface area contributed by atoms with Crippen LogP contribution in [-0.4, -0.2) is 48.7 Å². The minimum Gasteiger partial charge on any atom is -0.481 e. The molecular weight excluding hydrogens is 310 g/mol. The molecule has 0 radical (unpaired) electrons. The lowest BCUT2D eigenvalue weighted by Crippen LogP contribution is -2.52. The van der Waals surface area contributed by atoms with Crippen molar-refractivity contribution in [3.8, 4) is 0 Å². The van der Waals surface area contributed by atoms with Gasteiger partial charge in [-0.1, -0.05) is 18.2 Å². The lowest BCUT2D eigenvalue weighted by molar-refractivity contribution is -0.155. The van der Waals surface area contributed by atoms with E-state index in [9.17, 15) is 14.7 Å². The monoisotopic (exact) mass is 331 g/mol. The summed E-state index contributed by atoms with van der Waals surface area (Å²) < 4.78 is 10.8. The van der Waals surface area contributed by atoms with Crippen molar-refractivity contribution in [3.05, 3.63) is 35.6 Å². The van der Waals surface area contributed by atoms with E-state index in [1.165, 1.54) is 7.11 Å². The molecule has 0 aliphatic carbocycles. The number of carboxylic acid groups (broad SMARTS) is 1. The summed E-state index contributed by atoms with van der Waals surface area (Å²) in [6, 6.07) is 7.48. The highest BCUT2D eigenvalue weighted by molar-refractivity contribution is 5.99. The van der Waals surface area contributed by atoms with Gasteiger partial charge < -0.3 is 19.2 Å². The quantitative estimate of drug-likeness (QED) is 0.932. The summed E-state index contributed by atoms with van der Waals surface area (Å²) in [6.07, 6.45) is 1.12. The van der Waals surface area contributed by atoms with Crippen LogP contribution in [0.2, 0.25) is 0 Å². The smallest absolute Gasteiger partial charge is 0.313 e. The molecule has 1 unspecified atom stereocenters. The fourth-order valence-corrected chi connectivity index (χ4v) is 3.46. The van der Waals surface area contributed by atoms with Crippen LogP contribution < -0.4 is 0 Å². The van der Waals surface area contributed by atoms with Gasteiger partial charge in [0.05, 0.1) is 6.61 Å². The maximum absolute atomic E-state index is 12.9. The molecule has 0 bridgehead atoms. The Hall–Kier alpha value is -2.34. The number of amides is 1. The molecule has 1 atom stereocenters. The number of methoxy groups -OCH3 is 1. The Balaban J connectivity index is 1.91. The van der Waals surface area contributed by atoms with E-state index in [2.05, 4.69) is 0 Å². The van der Waals surface area contributed by atoms with Gasteiger partial charge in [-0.2, -0.15) is 0 Å². The first-order chi connectivity index (χ1) is 11.5. The Morgan fingerprint density at radius 3 is 2.79 bits per heavy atom. The fraction of sp³-hybridized carbons (Fsp3) is 0.444. The van der Waals surface area contributed by atoms with E-state index >= 15 is 0 Å². The van der Waals surface area contributed by atoms with E-state index in [-0.39, 0.29) is 24.8 Å². The molecule has 2 aromatic rings. The molecule has 2 heterocycles. The molecule has 24 heavy (non-hydrogen) atoms. The summed E-state index contributed by atoms with van der Waals surface area (Å²) in [7, 11) is 1.48. The van der Waals surface area contributed by atoms with Crippen molar-refractivity contribution in [2.75, 3.05) is 26.8 Å². The number of hydrogen-bond donors (Lipinski definition) is 1. The standard InChI is InChI=1S/C18H21NO5/c1-12-13-6-3-4-7-14(13)24-15(12)16(20)19-9-5-8-18(10-19,11-23-2)17(21)22/h3-4,6-7H,5,8-11H2,1-2H3,(H,21,22). The van der Waals surface area contributed by atoms with Crippen molar-refractivity contribution >= 4 is 22.8 Å². The van der Waals surface area contributed by atoms with Gasteiger partial charge in [-0.15, -0.1) is 0 Å². The largest absolute Gasteiger partial charge is 0.481 e. The zero-order chi connectivity index (χ0) is 17.3. The van der Waals surface area contributed by atoms with Gasteiger partial charge in [0.25, 0.3) is 5.91 Å². The van der Waals surface area contributed by atoms with Crippen LogP contribution in [0.15, 0.2) is 28.7 Å². The molecule has 6 nitrogen and oxygen atoms in total. The number of benzene rings is 1. The van der Waals surface area contributed by atoms with Crippen LogP contribution in [0, 0.1) is 12.3 Å². The Kier molecular flexibility index (Phi) is 4.32. The number of carbonyl (C=O) groups excluding carboxylic acids is 1. The van der Waals surface area contributed by atoms with Crippen molar-refractivity contribution < 1.29 is 23.8 Å². The van der Waals surface area contributed by atoms with Gasteiger partial charge in [0, 0.05) is 31.1 Å².